The fraction of sp³-hybridized carbons (Fsp3) is 0.500. The van der Waals surface area contributed by atoms with Crippen molar-refractivity contribution in [1.82, 2.24) is 5.32 Å². The fourth-order valence-electron chi connectivity index (χ4n) is 1.58. The van der Waals surface area contributed by atoms with E-state index < -0.39 is 0 Å². The van der Waals surface area contributed by atoms with Crippen LogP contribution in [0.3, 0.4) is 0 Å². The van der Waals surface area contributed by atoms with Crippen molar-refractivity contribution >= 4 is 11.6 Å². The van der Waals surface area contributed by atoms with Gasteiger partial charge >= 0.3 is 0 Å². The van der Waals surface area contributed by atoms with Crippen LogP contribution in [0.15, 0.2) is 24.3 Å². The minimum Gasteiger partial charge on any atom is -0.326 e. The van der Waals surface area contributed by atoms with E-state index in [0.717, 1.165) is 13.0 Å². The fourth-order valence-corrected chi connectivity index (χ4v) is 1.58. The lowest BCUT2D eigenvalue weighted by molar-refractivity contribution is -0.116. The van der Waals surface area contributed by atoms with Crippen molar-refractivity contribution in [3.05, 3.63) is 30.1 Å². The average molecular weight is 252 g/mol. The van der Waals surface area contributed by atoms with E-state index in [4.69, 9.17) is 0 Å². The van der Waals surface area contributed by atoms with Gasteiger partial charge in [0, 0.05) is 18.7 Å². The van der Waals surface area contributed by atoms with E-state index in [-0.39, 0.29) is 11.7 Å². The summed E-state index contributed by atoms with van der Waals surface area (Å²) in [6, 6.07) is 5.78. The maximum Gasteiger partial charge on any atom is 0.225 e. The van der Waals surface area contributed by atoms with Crippen molar-refractivity contribution in [3.8, 4) is 0 Å². The van der Waals surface area contributed by atoms with E-state index in [1.54, 1.807) is 12.1 Å². The van der Waals surface area contributed by atoms with Crippen LogP contribution in [0.5, 0.6) is 0 Å². The van der Waals surface area contributed by atoms with Crippen molar-refractivity contribution in [1.29, 1.82) is 0 Å². The Morgan fingerprint density at radius 1 is 1.17 bits per heavy atom. The highest BCUT2D eigenvalue weighted by Crippen LogP contribution is 2.08. The van der Waals surface area contributed by atoms with Crippen molar-refractivity contribution < 1.29 is 9.18 Å². The summed E-state index contributed by atoms with van der Waals surface area (Å²) in [4.78, 5) is 11.5. The molecule has 3 nitrogen and oxygen atoms in total. The van der Waals surface area contributed by atoms with Gasteiger partial charge in [-0.05, 0) is 37.2 Å². The summed E-state index contributed by atoms with van der Waals surface area (Å²) in [5.74, 6) is -0.352. The highest BCUT2D eigenvalue weighted by Gasteiger charge is 2.01. The zero-order valence-electron chi connectivity index (χ0n) is 10.8. The van der Waals surface area contributed by atoms with Gasteiger partial charge in [0.25, 0.3) is 0 Å². The van der Waals surface area contributed by atoms with Crippen LogP contribution in [0.2, 0.25) is 0 Å². The van der Waals surface area contributed by atoms with E-state index in [1.165, 1.54) is 25.0 Å². The quantitative estimate of drug-likeness (QED) is 0.698. The number of benzene rings is 1. The van der Waals surface area contributed by atoms with Crippen LogP contribution < -0.4 is 10.6 Å². The summed E-state index contributed by atoms with van der Waals surface area (Å²) in [7, 11) is 0. The Kier molecular flexibility index (Phi) is 7.03. The molecule has 2 N–H and O–H groups in total. The predicted molar refractivity (Wildman–Crippen MR) is 72.0 cm³/mol. The lowest BCUT2D eigenvalue weighted by Gasteiger charge is -2.06. The molecule has 0 atom stereocenters. The van der Waals surface area contributed by atoms with Crippen LogP contribution in [0, 0.1) is 5.82 Å². The van der Waals surface area contributed by atoms with E-state index in [0.29, 0.717) is 18.7 Å². The Morgan fingerprint density at radius 3 is 2.56 bits per heavy atom. The maximum absolute atomic E-state index is 12.7. The van der Waals surface area contributed by atoms with Crippen molar-refractivity contribution in [3.63, 3.8) is 0 Å². The molecular formula is C14H21FN2O. The maximum atomic E-state index is 12.7. The molecule has 0 heterocycles. The average Bonchev–Trinajstić information content (AvgIpc) is 2.36. The van der Waals surface area contributed by atoms with Crippen LogP contribution in [-0.4, -0.2) is 19.0 Å². The van der Waals surface area contributed by atoms with Crippen molar-refractivity contribution in [2.24, 2.45) is 0 Å². The van der Waals surface area contributed by atoms with Gasteiger partial charge in [0.1, 0.15) is 5.82 Å². The van der Waals surface area contributed by atoms with Gasteiger partial charge in [0.15, 0.2) is 0 Å². The van der Waals surface area contributed by atoms with Gasteiger partial charge in [-0.3, -0.25) is 4.79 Å². The highest BCUT2D eigenvalue weighted by atomic mass is 19.1. The number of carbonyl (C=O) groups is 1. The molecule has 0 aliphatic heterocycles. The normalized spacial score (nSPS) is 10.3. The summed E-state index contributed by atoms with van der Waals surface area (Å²) in [6.45, 7) is 3.80. The van der Waals surface area contributed by atoms with Crippen LogP contribution in [0.4, 0.5) is 10.1 Å². The molecule has 0 bridgehead atoms. The molecular weight excluding hydrogens is 231 g/mol. The van der Waals surface area contributed by atoms with Gasteiger partial charge in [0.2, 0.25) is 5.91 Å². The first-order valence-electron chi connectivity index (χ1n) is 6.48. The molecule has 100 valence electrons. The van der Waals surface area contributed by atoms with E-state index in [1.807, 2.05) is 0 Å². The number of hydrogen-bond acceptors (Lipinski definition) is 2. The Bertz CT molecular complexity index is 351. The zero-order valence-corrected chi connectivity index (χ0v) is 10.8. The molecule has 0 saturated carbocycles. The van der Waals surface area contributed by atoms with Gasteiger partial charge in [-0.2, -0.15) is 0 Å². The van der Waals surface area contributed by atoms with Gasteiger partial charge < -0.3 is 10.6 Å². The summed E-state index contributed by atoms with van der Waals surface area (Å²) in [6.07, 6.45) is 4.00. The summed E-state index contributed by atoms with van der Waals surface area (Å²) in [5.41, 5.74) is 0.632. The van der Waals surface area contributed by atoms with E-state index in [2.05, 4.69) is 17.6 Å². The molecule has 4 heteroatoms. The number of nitrogens with one attached hydrogen (secondary N) is 2. The van der Waals surface area contributed by atoms with Crippen LogP contribution >= 0.6 is 0 Å². The first-order valence-corrected chi connectivity index (χ1v) is 6.48. The van der Waals surface area contributed by atoms with Gasteiger partial charge in [0.05, 0.1) is 0 Å². The van der Waals surface area contributed by atoms with Crippen LogP contribution in [-0.2, 0) is 4.79 Å². The molecule has 0 aromatic heterocycles. The Morgan fingerprint density at radius 2 is 1.89 bits per heavy atom. The lowest BCUT2D eigenvalue weighted by Crippen LogP contribution is -2.22. The molecule has 18 heavy (non-hydrogen) atoms. The second-order valence-electron chi connectivity index (χ2n) is 4.26. The van der Waals surface area contributed by atoms with Gasteiger partial charge in [-0.1, -0.05) is 19.8 Å². The topological polar surface area (TPSA) is 41.1 Å². The number of rotatable bonds is 8. The minimum atomic E-state index is -0.300. The van der Waals surface area contributed by atoms with E-state index >= 15 is 0 Å². The second kappa shape index (κ2) is 8.64. The first kappa shape index (κ1) is 14.6. The molecule has 0 unspecified atom stereocenters. The minimum absolute atomic E-state index is 0.0513. The monoisotopic (exact) mass is 252 g/mol. The number of hydrogen-bond donors (Lipinski definition) is 2. The Labute approximate surface area is 108 Å². The third-order valence-corrected chi connectivity index (χ3v) is 2.61. The molecule has 0 aliphatic carbocycles. The largest absolute Gasteiger partial charge is 0.326 e. The Hall–Kier alpha value is -1.42. The second-order valence-corrected chi connectivity index (χ2v) is 4.26. The van der Waals surface area contributed by atoms with E-state index in [9.17, 15) is 9.18 Å². The molecule has 0 radical (unpaired) electrons. The van der Waals surface area contributed by atoms with Gasteiger partial charge in [-0.25, -0.2) is 4.39 Å². The van der Waals surface area contributed by atoms with Crippen molar-refractivity contribution in [2.75, 3.05) is 18.4 Å². The summed E-state index contributed by atoms with van der Waals surface area (Å²) >= 11 is 0. The lowest BCUT2D eigenvalue weighted by atomic mass is 10.2. The molecule has 0 aliphatic rings. The number of amides is 1. The number of unbranched alkanes of at least 4 members (excludes halogenated alkanes) is 2. The standard InChI is InChI=1S/C14H21FN2O/c1-2-3-4-10-16-11-9-14(18)17-13-7-5-12(15)6-8-13/h5-8,16H,2-4,9-11H2,1H3,(H,17,18). The molecule has 0 spiro atoms. The molecule has 0 saturated heterocycles. The van der Waals surface area contributed by atoms with Crippen LogP contribution in [0.1, 0.15) is 32.6 Å². The first-order chi connectivity index (χ1) is 8.72. The smallest absolute Gasteiger partial charge is 0.225 e. The van der Waals surface area contributed by atoms with Crippen molar-refractivity contribution in [2.45, 2.75) is 32.6 Å². The number of anilines is 1. The number of carbonyl (C=O) groups excluding carboxylic acids is 1. The predicted octanol–water partition coefficient (Wildman–Crippen LogP) is 2.93. The molecule has 1 amide bonds. The molecule has 1 aromatic carbocycles. The third kappa shape index (κ3) is 6.35. The van der Waals surface area contributed by atoms with Gasteiger partial charge in [-0.15, -0.1) is 0 Å². The SMILES string of the molecule is CCCCCNCCC(=O)Nc1ccc(F)cc1. The highest BCUT2D eigenvalue weighted by molar-refractivity contribution is 5.90. The zero-order chi connectivity index (χ0) is 13.2. The molecule has 1 aromatic rings. The molecule has 1 rings (SSSR count). The Balaban J connectivity index is 2.12. The van der Waals surface area contributed by atoms with Crippen LogP contribution in [0.25, 0.3) is 0 Å². The number of halogens is 1. The summed E-state index contributed by atoms with van der Waals surface area (Å²) in [5, 5.41) is 5.95. The molecule has 0 fully saturated rings. The third-order valence-electron chi connectivity index (χ3n) is 2.61. The summed E-state index contributed by atoms with van der Waals surface area (Å²) < 4.78 is 12.7.